The molecule has 17 heavy (non-hydrogen) atoms. The summed E-state index contributed by atoms with van der Waals surface area (Å²) in [7, 11) is 0.628. The second-order valence-corrected chi connectivity index (χ2v) is 15.5. The van der Waals surface area contributed by atoms with Crippen molar-refractivity contribution in [3.63, 3.8) is 0 Å². The maximum absolute atomic E-state index is 11.5. The molecule has 0 aromatic heterocycles. The van der Waals surface area contributed by atoms with Crippen molar-refractivity contribution in [3.05, 3.63) is 0 Å². The van der Waals surface area contributed by atoms with Crippen LogP contribution in [0.3, 0.4) is 0 Å². The average molecular weight is 506 g/mol. The molecule has 1 amide bonds. The van der Waals surface area contributed by atoms with Crippen molar-refractivity contribution < 1.29 is 14.3 Å². The zero-order valence-electron chi connectivity index (χ0n) is 9.38. The Bertz CT molecular complexity index is 182. The minimum absolute atomic E-state index is 0. The van der Waals surface area contributed by atoms with Crippen LogP contribution in [0.2, 0.25) is 0 Å². The Kier molecular flexibility index (Phi) is 21.6. The van der Waals surface area contributed by atoms with Gasteiger partial charge in [0.15, 0.2) is 0 Å². The molecule has 0 N–H and O–H groups in total. The molecule has 1 heterocycles. The van der Waals surface area contributed by atoms with Gasteiger partial charge in [0.25, 0.3) is 0 Å². The number of amides is 1. The van der Waals surface area contributed by atoms with Gasteiger partial charge in [0.2, 0.25) is 5.91 Å². The first-order valence-corrected chi connectivity index (χ1v) is 14.4. The predicted molar refractivity (Wildman–Crippen MR) is 91.4 cm³/mol. The van der Waals surface area contributed by atoms with E-state index >= 15 is 0 Å². The Hall–Kier alpha value is 1.51. The molecule has 0 spiro atoms. The Morgan fingerprint density at radius 1 is 1.29 bits per heavy atom. The number of rotatable bonds is 2. The summed E-state index contributed by atoms with van der Waals surface area (Å²) in [6, 6.07) is 0.440. The van der Waals surface area contributed by atoms with Gasteiger partial charge in [-0.05, 0) is 26.2 Å². The number of nitrogens with zero attached hydrogens (tertiary/aromatic N) is 1. The van der Waals surface area contributed by atoms with E-state index in [2.05, 4.69) is 53.8 Å². The molecule has 0 aliphatic carbocycles. The second-order valence-electron chi connectivity index (χ2n) is 3.72. The topological polar surface area (TPSA) is 20.3 Å². The zero-order valence-corrected chi connectivity index (χ0v) is 15.1. The normalized spacial score (nSPS) is 16.5. The van der Waals surface area contributed by atoms with Gasteiger partial charge in [0.05, 0.1) is 0 Å². The molecular weight excluding hydrogens is 479 g/mol. The third-order valence-corrected chi connectivity index (χ3v) is 2.73. The molecule has 1 rings (SSSR count). The summed E-state index contributed by atoms with van der Waals surface area (Å²) in [6.45, 7) is 5.26. The van der Waals surface area contributed by atoms with Gasteiger partial charge >= 0.3 is 49.4 Å². The number of halogens is 2. The molecule has 0 radical (unpaired) electrons. The van der Waals surface area contributed by atoms with Gasteiger partial charge in [-0.2, -0.15) is 0 Å². The van der Waals surface area contributed by atoms with Crippen LogP contribution in [0.4, 0.5) is 0 Å². The summed E-state index contributed by atoms with van der Waals surface area (Å²) >= 11 is 4.74. The molecule has 1 atom stereocenters. The summed E-state index contributed by atoms with van der Waals surface area (Å²) < 4.78 is 0. The van der Waals surface area contributed by atoms with Crippen LogP contribution >= 0.6 is 40.0 Å². The first-order valence-electron chi connectivity index (χ1n) is 5.39. The summed E-state index contributed by atoms with van der Waals surface area (Å²) in [5.41, 5.74) is 0. The quantitative estimate of drug-likeness (QED) is 0.471. The standard InChI is InChI=1S/C10H19NO.2CH4.2HI.V/c1-3-9(2)11-8-6-4-5-7-10(11)12;;;;;/h9H,3-8H2,1-2H3;2*1H4;2*1H;/q;;;;;+2/p-2. The Morgan fingerprint density at radius 2 is 1.82 bits per heavy atom. The van der Waals surface area contributed by atoms with E-state index in [0.717, 1.165) is 25.8 Å². The third kappa shape index (κ3) is 11.1. The van der Waals surface area contributed by atoms with Crippen molar-refractivity contribution in [1.29, 1.82) is 0 Å². The first-order chi connectivity index (χ1) is 7.17. The molecule has 1 unspecified atom stereocenters. The number of carbonyl (C=O) groups excluding carboxylic acids is 1. The summed E-state index contributed by atoms with van der Waals surface area (Å²) in [5, 5.41) is 0. The molecule has 105 valence electrons. The van der Waals surface area contributed by atoms with Gasteiger partial charge < -0.3 is 4.90 Å². The van der Waals surface area contributed by atoms with Crippen molar-refractivity contribution in [3.8, 4) is 0 Å². The van der Waals surface area contributed by atoms with Gasteiger partial charge in [-0.1, -0.05) is 28.2 Å². The van der Waals surface area contributed by atoms with Gasteiger partial charge in [-0.25, -0.2) is 0 Å². The van der Waals surface area contributed by atoms with E-state index in [1.165, 1.54) is 12.8 Å². The molecule has 1 fully saturated rings. The fourth-order valence-electron chi connectivity index (χ4n) is 1.69. The van der Waals surface area contributed by atoms with Crippen LogP contribution < -0.4 is 0 Å². The predicted octanol–water partition coefficient (Wildman–Crippen LogP) is 5.23. The first kappa shape index (κ1) is 23.6. The van der Waals surface area contributed by atoms with Crippen LogP contribution in [0.1, 0.15) is 60.8 Å². The SMILES string of the molecule is C.C.CCC(C)N1CCCCCC1=O.[I][V][I]. The maximum atomic E-state index is 11.5. The zero-order chi connectivity index (χ0) is 11.7. The van der Waals surface area contributed by atoms with Crippen molar-refractivity contribution in [2.75, 3.05) is 6.54 Å². The summed E-state index contributed by atoms with van der Waals surface area (Å²) in [6.07, 6.45) is 5.34. The summed E-state index contributed by atoms with van der Waals surface area (Å²) in [5.74, 6) is 0.363. The second kappa shape index (κ2) is 15.6. The Balaban J connectivity index is -0.000000356. The molecule has 2 nitrogen and oxygen atoms in total. The summed E-state index contributed by atoms with van der Waals surface area (Å²) in [4.78, 5) is 13.6. The van der Waals surface area contributed by atoms with Crippen molar-refractivity contribution in [1.82, 2.24) is 4.90 Å². The molecule has 1 aliphatic rings. The van der Waals surface area contributed by atoms with E-state index in [1.807, 2.05) is 4.90 Å². The van der Waals surface area contributed by atoms with E-state index in [1.54, 1.807) is 0 Å². The number of likely N-dealkylation sites (tertiary alicyclic amines) is 1. The van der Waals surface area contributed by atoms with Gasteiger partial charge in [0.1, 0.15) is 0 Å². The molecule has 5 heteroatoms. The van der Waals surface area contributed by atoms with E-state index in [0.29, 0.717) is 21.4 Å². The number of carbonyl (C=O) groups is 1. The van der Waals surface area contributed by atoms with Gasteiger partial charge in [0, 0.05) is 19.0 Å². The Morgan fingerprint density at radius 3 is 2.29 bits per heavy atom. The van der Waals surface area contributed by atoms with E-state index in [4.69, 9.17) is 0 Å². The molecular formula is C12H27I2NOV. The van der Waals surface area contributed by atoms with Crippen molar-refractivity contribution in [2.24, 2.45) is 0 Å². The number of hydrogen-bond acceptors (Lipinski definition) is 1. The molecule has 1 aliphatic heterocycles. The van der Waals surface area contributed by atoms with Gasteiger partial charge in [-0.3, -0.25) is 4.79 Å². The van der Waals surface area contributed by atoms with E-state index in [9.17, 15) is 4.79 Å². The Labute approximate surface area is 137 Å². The van der Waals surface area contributed by atoms with Crippen LogP contribution in [0.5, 0.6) is 0 Å². The molecule has 0 bridgehead atoms. The molecule has 1 saturated heterocycles. The van der Waals surface area contributed by atoms with Crippen molar-refractivity contribution >= 4 is 45.9 Å². The van der Waals surface area contributed by atoms with E-state index < -0.39 is 0 Å². The van der Waals surface area contributed by atoms with Crippen LogP contribution in [-0.2, 0) is 14.3 Å². The van der Waals surface area contributed by atoms with Crippen LogP contribution in [0, 0.1) is 0 Å². The number of hydrogen-bond donors (Lipinski definition) is 0. The monoisotopic (exact) mass is 506 g/mol. The molecule has 0 saturated carbocycles. The van der Waals surface area contributed by atoms with E-state index in [-0.39, 0.29) is 14.9 Å². The average Bonchev–Trinajstić information content (AvgIpc) is 2.43. The fourth-order valence-corrected chi connectivity index (χ4v) is 1.69. The van der Waals surface area contributed by atoms with Gasteiger partial charge in [-0.15, -0.1) is 0 Å². The fraction of sp³-hybridized carbons (Fsp3) is 0.917. The minimum atomic E-state index is 0. The third-order valence-electron chi connectivity index (χ3n) is 2.73. The molecule has 0 aromatic rings. The van der Waals surface area contributed by atoms with Crippen molar-refractivity contribution in [2.45, 2.75) is 66.8 Å². The molecule has 0 aromatic carbocycles. The van der Waals surface area contributed by atoms with Crippen LogP contribution in [0.25, 0.3) is 0 Å². The van der Waals surface area contributed by atoms with Crippen LogP contribution in [0.15, 0.2) is 0 Å². The van der Waals surface area contributed by atoms with Crippen LogP contribution in [-0.4, -0.2) is 23.4 Å².